The molecule has 0 saturated heterocycles. The molecule has 0 spiro atoms. The van der Waals surface area contributed by atoms with Gasteiger partial charge in [-0.3, -0.25) is 0 Å². The standard InChI is InChI=1S/C10H20F3N/c1-7(2)5-9(14,6-8(3)4)10(11,12)13/h7-8H,5-6,14H2,1-4H3. The van der Waals surface area contributed by atoms with E-state index in [1.165, 1.54) is 0 Å². The highest BCUT2D eigenvalue weighted by atomic mass is 19.4. The van der Waals surface area contributed by atoms with Gasteiger partial charge in [-0.25, -0.2) is 0 Å². The Hall–Kier alpha value is -0.250. The Bertz CT molecular complexity index is 163. The highest BCUT2D eigenvalue weighted by molar-refractivity contribution is 4.93. The Balaban J connectivity index is 4.67. The van der Waals surface area contributed by atoms with Gasteiger partial charge in [0.2, 0.25) is 0 Å². The lowest BCUT2D eigenvalue weighted by molar-refractivity contribution is -0.194. The second-order valence-electron chi connectivity index (χ2n) is 4.85. The molecule has 0 aliphatic heterocycles. The van der Waals surface area contributed by atoms with Crippen molar-refractivity contribution < 1.29 is 13.2 Å². The predicted octanol–water partition coefficient (Wildman–Crippen LogP) is 3.34. The van der Waals surface area contributed by atoms with E-state index in [1.54, 1.807) is 27.7 Å². The van der Waals surface area contributed by atoms with Crippen LogP contribution >= 0.6 is 0 Å². The topological polar surface area (TPSA) is 26.0 Å². The van der Waals surface area contributed by atoms with Crippen LogP contribution in [0.25, 0.3) is 0 Å². The molecule has 0 radical (unpaired) electrons. The molecule has 0 aromatic carbocycles. The van der Waals surface area contributed by atoms with Gasteiger partial charge in [0, 0.05) is 0 Å². The molecule has 0 heterocycles. The zero-order valence-corrected chi connectivity index (χ0v) is 9.28. The second-order valence-corrected chi connectivity index (χ2v) is 4.85. The fraction of sp³-hybridized carbons (Fsp3) is 1.00. The summed E-state index contributed by atoms with van der Waals surface area (Å²) in [4.78, 5) is 0. The minimum Gasteiger partial charge on any atom is -0.318 e. The maximum atomic E-state index is 12.7. The molecule has 0 bridgehead atoms. The molecule has 0 rings (SSSR count). The summed E-state index contributed by atoms with van der Waals surface area (Å²) in [5, 5.41) is 0. The zero-order chi connectivity index (χ0) is 11.6. The number of nitrogens with two attached hydrogens (primary N) is 1. The summed E-state index contributed by atoms with van der Waals surface area (Å²) >= 11 is 0. The summed E-state index contributed by atoms with van der Waals surface area (Å²) in [7, 11) is 0. The van der Waals surface area contributed by atoms with E-state index in [1.807, 2.05) is 0 Å². The molecule has 0 saturated carbocycles. The van der Waals surface area contributed by atoms with Gasteiger partial charge < -0.3 is 5.73 Å². The van der Waals surface area contributed by atoms with Crippen molar-refractivity contribution in [3.05, 3.63) is 0 Å². The SMILES string of the molecule is CC(C)CC(N)(CC(C)C)C(F)(F)F. The highest BCUT2D eigenvalue weighted by Crippen LogP contribution is 2.37. The summed E-state index contributed by atoms with van der Waals surface area (Å²) in [6, 6.07) is 0. The van der Waals surface area contributed by atoms with Crippen LogP contribution in [0.15, 0.2) is 0 Å². The molecule has 0 aliphatic rings. The monoisotopic (exact) mass is 211 g/mol. The average Bonchev–Trinajstić information content (AvgIpc) is 1.78. The lowest BCUT2D eigenvalue weighted by Crippen LogP contribution is -2.55. The molecule has 0 unspecified atom stereocenters. The molecular formula is C10H20F3N. The fourth-order valence-electron chi connectivity index (χ4n) is 1.77. The Labute approximate surface area is 83.9 Å². The van der Waals surface area contributed by atoms with Crippen LogP contribution in [0.1, 0.15) is 40.5 Å². The molecule has 4 heteroatoms. The Morgan fingerprint density at radius 2 is 1.21 bits per heavy atom. The van der Waals surface area contributed by atoms with E-state index < -0.39 is 11.7 Å². The third-order valence-corrected chi connectivity index (χ3v) is 2.11. The average molecular weight is 211 g/mol. The third kappa shape index (κ3) is 3.86. The van der Waals surface area contributed by atoms with Gasteiger partial charge in [0.1, 0.15) is 5.54 Å². The van der Waals surface area contributed by atoms with E-state index >= 15 is 0 Å². The maximum absolute atomic E-state index is 12.7. The van der Waals surface area contributed by atoms with Gasteiger partial charge in [-0.15, -0.1) is 0 Å². The van der Waals surface area contributed by atoms with Crippen LogP contribution in [0.5, 0.6) is 0 Å². The summed E-state index contributed by atoms with van der Waals surface area (Å²) < 4.78 is 38.1. The Morgan fingerprint density at radius 3 is 1.36 bits per heavy atom. The van der Waals surface area contributed by atoms with Gasteiger partial charge in [-0.05, 0) is 24.7 Å². The number of hydrogen-bond donors (Lipinski definition) is 1. The van der Waals surface area contributed by atoms with E-state index in [0.717, 1.165) is 0 Å². The normalized spacial score (nSPS) is 14.1. The predicted molar refractivity (Wildman–Crippen MR) is 51.9 cm³/mol. The van der Waals surface area contributed by atoms with Crippen molar-refractivity contribution in [1.82, 2.24) is 0 Å². The first-order valence-corrected chi connectivity index (χ1v) is 4.94. The molecule has 0 amide bonds. The number of rotatable bonds is 4. The van der Waals surface area contributed by atoms with Gasteiger partial charge >= 0.3 is 6.18 Å². The van der Waals surface area contributed by atoms with Crippen molar-refractivity contribution in [3.8, 4) is 0 Å². The molecule has 0 fully saturated rings. The highest BCUT2D eigenvalue weighted by Gasteiger charge is 2.51. The van der Waals surface area contributed by atoms with E-state index in [2.05, 4.69) is 0 Å². The van der Waals surface area contributed by atoms with Crippen LogP contribution in [0.4, 0.5) is 13.2 Å². The zero-order valence-electron chi connectivity index (χ0n) is 9.28. The summed E-state index contributed by atoms with van der Waals surface area (Å²) in [5.41, 5.74) is 3.43. The van der Waals surface area contributed by atoms with Crippen LogP contribution in [-0.4, -0.2) is 11.7 Å². The van der Waals surface area contributed by atoms with Crippen LogP contribution < -0.4 is 5.73 Å². The van der Waals surface area contributed by atoms with Crippen molar-refractivity contribution in [3.63, 3.8) is 0 Å². The van der Waals surface area contributed by atoms with E-state index in [4.69, 9.17) is 5.73 Å². The minimum atomic E-state index is -4.30. The maximum Gasteiger partial charge on any atom is 0.406 e. The number of alkyl halides is 3. The second kappa shape index (κ2) is 4.51. The van der Waals surface area contributed by atoms with E-state index in [-0.39, 0.29) is 24.7 Å². The molecule has 0 aromatic heterocycles. The van der Waals surface area contributed by atoms with Crippen molar-refractivity contribution in [2.24, 2.45) is 17.6 Å². The lowest BCUT2D eigenvalue weighted by atomic mass is 9.82. The molecule has 86 valence electrons. The van der Waals surface area contributed by atoms with Crippen LogP contribution in [0.3, 0.4) is 0 Å². The van der Waals surface area contributed by atoms with Gasteiger partial charge in [0.15, 0.2) is 0 Å². The summed E-state index contributed by atoms with van der Waals surface area (Å²) in [6.07, 6.45) is -4.31. The van der Waals surface area contributed by atoms with Crippen LogP contribution in [0, 0.1) is 11.8 Å². The first kappa shape index (κ1) is 13.8. The molecular weight excluding hydrogens is 191 g/mol. The van der Waals surface area contributed by atoms with Gasteiger partial charge in [0.05, 0.1) is 0 Å². The van der Waals surface area contributed by atoms with Crippen LogP contribution in [0.2, 0.25) is 0 Å². The lowest BCUT2D eigenvalue weighted by Gasteiger charge is -2.34. The number of halogens is 3. The van der Waals surface area contributed by atoms with Crippen molar-refractivity contribution >= 4 is 0 Å². The Morgan fingerprint density at radius 1 is 0.929 bits per heavy atom. The fourth-order valence-corrected chi connectivity index (χ4v) is 1.77. The molecule has 0 aromatic rings. The molecule has 1 nitrogen and oxygen atoms in total. The minimum absolute atomic E-state index is 0.00528. The summed E-state index contributed by atoms with van der Waals surface area (Å²) in [5.74, 6) is -0.0826. The smallest absolute Gasteiger partial charge is 0.318 e. The number of hydrogen-bond acceptors (Lipinski definition) is 1. The first-order valence-electron chi connectivity index (χ1n) is 4.94. The molecule has 0 aliphatic carbocycles. The quantitative estimate of drug-likeness (QED) is 0.758. The van der Waals surface area contributed by atoms with Crippen molar-refractivity contribution in [2.75, 3.05) is 0 Å². The van der Waals surface area contributed by atoms with Gasteiger partial charge in [-0.2, -0.15) is 13.2 Å². The molecule has 0 atom stereocenters. The molecule has 14 heavy (non-hydrogen) atoms. The van der Waals surface area contributed by atoms with E-state index in [0.29, 0.717) is 0 Å². The third-order valence-electron chi connectivity index (χ3n) is 2.11. The van der Waals surface area contributed by atoms with Crippen molar-refractivity contribution in [1.29, 1.82) is 0 Å². The molecule has 2 N–H and O–H groups in total. The van der Waals surface area contributed by atoms with Gasteiger partial charge in [0.25, 0.3) is 0 Å². The van der Waals surface area contributed by atoms with Crippen LogP contribution in [-0.2, 0) is 0 Å². The Kier molecular flexibility index (Phi) is 4.43. The largest absolute Gasteiger partial charge is 0.406 e. The van der Waals surface area contributed by atoms with E-state index in [9.17, 15) is 13.2 Å². The van der Waals surface area contributed by atoms with Gasteiger partial charge in [-0.1, -0.05) is 27.7 Å². The van der Waals surface area contributed by atoms with Crippen molar-refractivity contribution in [2.45, 2.75) is 52.3 Å². The first-order chi connectivity index (χ1) is 6.08. The summed E-state index contributed by atoms with van der Waals surface area (Å²) in [6.45, 7) is 7.03.